The molecule has 0 heterocycles. The molecular formula is C21H21F3N2O5S2. The summed E-state index contributed by atoms with van der Waals surface area (Å²) in [4.78, 5) is 12.3. The van der Waals surface area contributed by atoms with Crippen molar-refractivity contribution in [3.63, 3.8) is 0 Å². The van der Waals surface area contributed by atoms with Gasteiger partial charge in [-0.15, -0.1) is 0 Å². The van der Waals surface area contributed by atoms with Crippen molar-refractivity contribution in [3.8, 4) is 0 Å². The first-order chi connectivity index (χ1) is 15.2. The smallest absolute Gasteiger partial charge is 0.347 e. The summed E-state index contributed by atoms with van der Waals surface area (Å²) in [7, 11) is -7.98. The number of sulfonamides is 1. The molecule has 1 amide bonds. The molecule has 5 rings (SSSR count). The van der Waals surface area contributed by atoms with Gasteiger partial charge in [0, 0.05) is 5.54 Å². The number of nitrogens with one attached hydrogen (secondary N) is 2. The van der Waals surface area contributed by atoms with Gasteiger partial charge >= 0.3 is 6.18 Å². The van der Waals surface area contributed by atoms with Crippen LogP contribution in [0.15, 0.2) is 52.3 Å². The van der Waals surface area contributed by atoms with E-state index in [9.17, 15) is 34.8 Å². The molecule has 0 aromatic heterocycles. The van der Waals surface area contributed by atoms with Gasteiger partial charge in [-0.3, -0.25) is 9.52 Å². The minimum absolute atomic E-state index is 0.0818. The van der Waals surface area contributed by atoms with Crippen LogP contribution in [-0.4, -0.2) is 34.0 Å². The standard InChI is InChI=1S/C21H21F3N2O5S2/c1-2-32(28,29)15-4-6-16(7-5-15)33(30,31)26-18-9-14(21(22,23)24)3-8-17(18)19(27)25-20-10-13(11-20)12-20/h3-9,13,26H,2,10-12H2,1H3,(H,25,27). The van der Waals surface area contributed by atoms with Crippen LogP contribution in [-0.2, 0) is 26.0 Å². The van der Waals surface area contributed by atoms with E-state index in [1.54, 1.807) is 0 Å². The lowest BCUT2D eigenvalue weighted by molar-refractivity contribution is -0.137. The molecular weight excluding hydrogens is 481 g/mol. The Kier molecular flexibility index (Phi) is 5.51. The summed E-state index contributed by atoms with van der Waals surface area (Å²) in [5, 5.41) is 2.81. The average molecular weight is 503 g/mol. The lowest BCUT2D eigenvalue weighted by Crippen LogP contribution is -2.68. The molecule has 2 bridgehead atoms. The fourth-order valence-corrected chi connectivity index (χ4v) is 6.09. The van der Waals surface area contributed by atoms with E-state index in [1.165, 1.54) is 6.92 Å². The molecule has 3 fully saturated rings. The minimum atomic E-state index is -4.75. The molecule has 0 aliphatic heterocycles. The summed E-state index contributed by atoms with van der Waals surface area (Å²) in [6, 6.07) is 6.54. The third kappa shape index (κ3) is 4.45. The number of hydrogen-bond acceptors (Lipinski definition) is 5. The van der Waals surface area contributed by atoms with Crippen LogP contribution in [0, 0.1) is 5.92 Å². The fourth-order valence-electron chi connectivity index (χ4n) is 4.14. The Bertz CT molecular complexity index is 1300. The van der Waals surface area contributed by atoms with E-state index < -0.39 is 43.2 Å². The molecule has 3 aliphatic carbocycles. The summed E-state index contributed by atoms with van der Waals surface area (Å²) >= 11 is 0. The van der Waals surface area contributed by atoms with E-state index in [0.29, 0.717) is 12.0 Å². The second kappa shape index (κ2) is 7.73. The highest BCUT2D eigenvalue weighted by Crippen LogP contribution is 2.57. The molecule has 2 aromatic rings. The van der Waals surface area contributed by atoms with Crippen molar-refractivity contribution < 1.29 is 34.8 Å². The third-order valence-electron chi connectivity index (χ3n) is 6.13. The zero-order chi connectivity index (χ0) is 24.2. The molecule has 2 N–H and O–H groups in total. The van der Waals surface area contributed by atoms with Gasteiger partial charge in [-0.05, 0) is 67.6 Å². The van der Waals surface area contributed by atoms with Gasteiger partial charge in [-0.1, -0.05) is 6.92 Å². The Hall–Kier alpha value is -2.60. The Morgan fingerprint density at radius 2 is 1.58 bits per heavy atom. The summed E-state index contributed by atoms with van der Waals surface area (Å²) in [6.07, 6.45) is -2.35. The van der Waals surface area contributed by atoms with Crippen LogP contribution in [0.2, 0.25) is 0 Å². The molecule has 2 aromatic carbocycles. The minimum Gasteiger partial charge on any atom is -0.347 e. The van der Waals surface area contributed by atoms with Crippen LogP contribution in [0.1, 0.15) is 42.1 Å². The maximum absolute atomic E-state index is 13.3. The van der Waals surface area contributed by atoms with E-state index in [-0.39, 0.29) is 26.6 Å². The largest absolute Gasteiger partial charge is 0.416 e. The van der Waals surface area contributed by atoms with E-state index >= 15 is 0 Å². The molecule has 0 radical (unpaired) electrons. The van der Waals surface area contributed by atoms with E-state index in [4.69, 9.17) is 0 Å². The number of carbonyl (C=O) groups excluding carboxylic acids is 1. The van der Waals surface area contributed by atoms with Crippen molar-refractivity contribution in [3.05, 3.63) is 53.6 Å². The molecule has 0 unspecified atom stereocenters. The first kappa shape index (κ1) is 23.6. The van der Waals surface area contributed by atoms with Gasteiger partial charge in [0.2, 0.25) is 0 Å². The van der Waals surface area contributed by atoms with Gasteiger partial charge in [0.15, 0.2) is 9.84 Å². The SMILES string of the molecule is CCS(=O)(=O)c1ccc(S(=O)(=O)Nc2cc(C(F)(F)F)ccc2C(=O)NC23CC(C2)C3)cc1. The van der Waals surface area contributed by atoms with Crippen LogP contribution in [0.25, 0.3) is 0 Å². The number of anilines is 1. The molecule has 33 heavy (non-hydrogen) atoms. The second-order valence-electron chi connectivity index (χ2n) is 8.45. The fraction of sp³-hybridized carbons (Fsp3) is 0.381. The van der Waals surface area contributed by atoms with Crippen LogP contribution in [0.5, 0.6) is 0 Å². The zero-order valence-corrected chi connectivity index (χ0v) is 19.1. The number of hydrogen-bond donors (Lipinski definition) is 2. The molecule has 3 aliphatic rings. The van der Waals surface area contributed by atoms with Crippen LogP contribution in [0.4, 0.5) is 18.9 Å². The van der Waals surface area contributed by atoms with E-state index in [0.717, 1.165) is 55.7 Å². The number of sulfone groups is 1. The number of halogens is 3. The van der Waals surface area contributed by atoms with E-state index in [2.05, 4.69) is 10.0 Å². The van der Waals surface area contributed by atoms with E-state index in [1.807, 2.05) is 0 Å². The van der Waals surface area contributed by atoms with Crippen molar-refractivity contribution in [2.45, 2.75) is 47.7 Å². The molecule has 0 saturated heterocycles. The maximum Gasteiger partial charge on any atom is 0.416 e. The number of rotatable bonds is 7. The van der Waals surface area contributed by atoms with Gasteiger partial charge < -0.3 is 5.32 Å². The predicted molar refractivity (Wildman–Crippen MR) is 114 cm³/mol. The molecule has 7 nitrogen and oxygen atoms in total. The van der Waals surface area contributed by atoms with Crippen molar-refractivity contribution in [1.29, 1.82) is 0 Å². The summed E-state index contributed by atoms with van der Waals surface area (Å²) in [6.45, 7) is 1.44. The first-order valence-electron chi connectivity index (χ1n) is 10.1. The van der Waals surface area contributed by atoms with Crippen molar-refractivity contribution in [1.82, 2.24) is 5.32 Å². The number of carbonyl (C=O) groups is 1. The monoisotopic (exact) mass is 502 g/mol. The maximum atomic E-state index is 13.3. The van der Waals surface area contributed by atoms with Crippen LogP contribution in [0.3, 0.4) is 0 Å². The van der Waals surface area contributed by atoms with Gasteiger partial charge in [0.1, 0.15) is 0 Å². The Morgan fingerprint density at radius 3 is 2.06 bits per heavy atom. The number of alkyl halides is 3. The molecule has 178 valence electrons. The zero-order valence-electron chi connectivity index (χ0n) is 17.4. The lowest BCUT2D eigenvalue weighted by atomic mass is 9.50. The van der Waals surface area contributed by atoms with Crippen LogP contribution < -0.4 is 10.0 Å². The first-order valence-corrected chi connectivity index (χ1v) is 13.3. The highest BCUT2D eigenvalue weighted by atomic mass is 32.2. The van der Waals surface area contributed by atoms with Crippen molar-refractivity contribution >= 4 is 31.5 Å². The normalized spacial score (nSPS) is 22.1. The highest BCUT2D eigenvalue weighted by Gasteiger charge is 2.57. The number of benzene rings is 2. The summed E-state index contributed by atoms with van der Waals surface area (Å²) in [5.74, 6) is -0.290. The third-order valence-corrected chi connectivity index (χ3v) is 9.26. The lowest BCUT2D eigenvalue weighted by Gasteiger charge is -2.61. The van der Waals surface area contributed by atoms with Crippen molar-refractivity contribution in [2.75, 3.05) is 10.5 Å². The highest BCUT2D eigenvalue weighted by molar-refractivity contribution is 7.92. The Labute approximate surface area is 189 Å². The molecule has 12 heteroatoms. The van der Waals surface area contributed by atoms with Gasteiger partial charge in [-0.25, -0.2) is 16.8 Å². The van der Waals surface area contributed by atoms with Crippen LogP contribution >= 0.6 is 0 Å². The summed E-state index contributed by atoms with van der Waals surface area (Å²) in [5.41, 5.74) is -2.23. The topological polar surface area (TPSA) is 109 Å². The summed E-state index contributed by atoms with van der Waals surface area (Å²) < 4.78 is 91.4. The van der Waals surface area contributed by atoms with Gasteiger partial charge in [-0.2, -0.15) is 13.2 Å². The second-order valence-corrected chi connectivity index (χ2v) is 12.4. The predicted octanol–water partition coefficient (Wildman–Crippen LogP) is 3.58. The number of amides is 1. The average Bonchev–Trinajstić information content (AvgIpc) is 2.68. The van der Waals surface area contributed by atoms with Gasteiger partial charge in [0.25, 0.3) is 15.9 Å². The van der Waals surface area contributed by atoms with Crippen molar-refractivity contribution in [2.24, 2.45) is 5.92 Å². The van der Waals surface area contributed by atoms with Gasteiger partial charge in [0.05, 0.1) is 32.4 Å². The molecule has 0 spiro atoms. The molecule has 3 saturated carbocycles. The quantitative estimate of drug-likeness (QED) is 0.602. The Morgan fingerprint density at radius 1 is 1.00 bits per heavy atom. The molecule has 0 atom stereocenters. The Balaban J connectivity index is 1.66.